The van der Waals surface area contributed by atoms with Gasteiger partial charge in [0, 0.05) is 31.5 Å². The number of aliphatic carboxylic acids is 1. The Morgan fingerprint density at radius 3 is 2.25 bits per heavy atom. The van der Waals surface area contributed by atoms with Crippen LogP contribution >= 0.6 is 0 Å². The maximum atomic E-state index is 13.8. The molecule has 0 bridgehead atoms. The van der Waals surface area contributed by atoms with Gasteiger partial charge in [0.1, 0.15) is 24.0 Å². The van der Waals surface area contributed by atoms with Gasteiger partial charge in [0.2, 0.25) is 5.96 Å². The summed E-state index contributed by atoms with van der Waals surface area (Å²) in [5, 5.41) is 12.2. The molecular formula is C36H44N4O7S. The zero-order chi connectivity index (χ0) is 35.0. The molecule has 1 aliphatic carbocycles. The van der Waals surface area contributed by atoms with Crippen LogP contribution in [0.15, 0.2) is 58.4 Å². The van der Waals surface area contributed by atoms with Gasteiger partial charge in [-0.3, -0.25) is 4.99 Å². The number of nitrogens with one attached hydrogen (secondary N) is 1. The number of hydrogen-bond donors (Lipinski definition) is 3. The summed E-state index contributed by atoms with van der Waals surface area (Å²) in [7, 11) is -2.65. The van der Waals surface area contributed by atoms with Crippen LogP contribution in [0, 0.1) is 20.8 Å². The largest absolute Gasteiger partial charge is 0.487 e. The number of sulfonamides is 1. The van der Waals surface area contributed by atoms with Crippen molar-refractivity contribution in [3.63, 3.8) is 0 Å². The molecule has 2 aliphatic rings. The van der Waals surface area contributed by atoms with Crippen LogP contribution in [0.5, 0.6) is 5.75 Å². The van der Waals surface area contributed by atoms with E-state index in [0.29, 0.717) is 30.4 Å². The fraction of sp³-hybridized carbons (Fsp3) is 0.417. The van der Waals surface area contributed by atoms with Gasteiger partial charge in [-0.25, -0.2) is 22.3 Å². The van der Waals surface area contributed by atoms with E-state index in [1.807, 2.05) is 69.3 Å². The van der Waals surface area contributed by atoms with Crippen molar-refractivity contribution in [2.45, 2.75) is 82.8 Å². The summed E-state index contributed by atoms with van der Waals surface area (Å²) >= 11 is 0. The van der Waals surface area contributed by atoms with Gasteiger partial charge >= 0.3 is 12.1 Å². The van der Waals surface area contributed by atoms with Gasteiger partial charge in [0.15, 0.2) is 0 Å². The van der Waals surface area contributed by atoms with Crippen LogP contribution in [-0.2, 0) is 26.0 Å². The number of rotatable bonds is 11. The predicted molar refractivity (Wildman–Crippen MR) is 184 cm³/mol. The number of carbonyl (C=O) groups is 2. The Kier molecular flexibility index (Phi) is 9.77. The second-order valence-electron chi connectivity index (χ2n) is 13.1. The van der Waals surface area contributed by atoms with Gasteiger partial charge in [-0.2, -0.15) is 0 Å². The summed E-state index contributed by atoms with van der Waals surface area (Å²) < 4.78 is 40.1. The van der Waals surface area contributed by atoms with Crippen LogP contribution in [-0.4, -0.2) is 67.7 Å². The van der Waals surface area contributed by atoms with Crippen molar-refractivity contribution in [2.75, 3.05) is 20.2 Å². The number of fused-ring (bicyclic) bond motifs is 4. The summed E-state index contributed by atoms with van der Waals surface area (Å²) in [6, 6.07) is 14.8. The van der Waals surface area contributed by atoms with Crippen molar-refractivity contribution in [3.05, 3.63) is 81.9 Å². The lowest BCUT2D eigenvalue weighted by molar-refractivity contribution is -0.139. The van der Waals surface area contributed by atoms with Crippen LogP contribution in [0.2, 0.25) is 0 Å². The molecule has 0 saturated carbocycles. The third-order valence-corrected chi connectivity index (χ3v) is 11.4. The van der Waals surface area contributed by atoms with E-state index in [-0.39, 0.29) is 36.3 Å². The molecule has 48 heavy (non-hydrogen) atoms. The van der Waals surface area contributed by atoms with E-state index < -0.39 is 33.7 Å². The molecule has 0 radical (unpaired) electrons. The summed E-state index contributed by atoms with van der Waals surface area (Å²) in [4.78, 5) is 29.0. The minimum absolute atomic E-state index is 0.0758. The second kappa shape index (κ2) is 13.5. The molecule has 0 spiro atoms. The van der Waals surface area contributed by atoms with Gasteiger partial charge in [0.25, 0.3) is 10.0 Å². The van der Waals surface area contributed by atoms with E-state index in [0.717, 1.165) is 43.4 Å². The summed E-state index contributed by atoms with van der Waals surface area (Å²) in [5.41, 5.74) is 12.9. The Balaban J connectivity index is 1.14. The Bertz CT molecular complexity index is 1840. The van der Waals surface area contributed by atoms with Gasteiger partial charge in [-0.05, 0) is 92.8 Å². The molecule has 0 fully saturated rings. The number of ether oxygens (including phenoxy) is 2. The number of carboxylic acids is 1. The Labute approximate surface area is 282 Å². The van der Waals surface area contributed by atoms with Crippen LogP contribution in [0.4, 0.5) is 4.79 Å². The van der Waals surface area contributed by atoms with E-state index in [4.69, 9.17) is 15.2 Å². The molecule has 1 aliphatic heterocycles. The second-order valence-corrected chi connectivity index (χ2v) is 15.0. The Morgan fingerprint density at radius 1 is 1.04 bits per heavy atom. The van der Waals surface area contributed by atoms with Crippen molar-refractivity contribution in [1.82, 2.24) is 9.62 Å². The van der Waals surface area contributed by atoms with Crippen LogP contribution in [0.3, 0.4) is 0 Å². The molecule has 3 aromatic rings. The average molecular weight is 677 g/mol. The topological polar surface area (TPSA) is 161 Å². The van der Waals surface area contributed by atoms with Gasteiger partial charge in [0.05, 0.1) is 4.90 Å². The lowest BCUT2D eigenvalue weighted by Crippen LogP contribution is -2.41. The van der Waals surface area contributed by atoms with Crippen molar-refractivity contribution in [1.29, 1.82) is 0 Å². The summed E-state index contributed by atoms with van der Waals surface area (Å²) in [6.07, 6.45) is 0.743. The number of carboxylic acid groups (broad SMARTS) is 1. The molecule has 1 amide bonds. The number of nitrogens with zero attached hydrogens (tertiary/aromatic N) is 2. The molecule has 3 aromatic carbocycles. The van der Waals surface area contributed by atoms with Crippen LogP contribution in [0.25, 0.3) is 11.1 Å². The van der Waals surface area contributed by atoms with Crippen LogP contribution in [0.1, 0.15) is 72.4 Å². The van der Waals surface area contributed by atoms with Gasteiger partial charge < -0.3 is 25.6 Å². The lowest BCUT2D eigenvalue weighted by atomic mass is 9.94. The van der Waals surface area contributed by atoms with E-state index in [2.05, 4.69) is 10.3 Å². The third kappa shape index (κ3) is 6.71. The maximum absolute atomic E-state index is 13.8. The summed E-state index contributed by atoms with van der Waals surface area (Å²) in [6.45, 7) is 9.61. The zero-order valence-electron chi connectivity index (χ0n) is 28.3. The van der Waals surface area contributed by atoms with Gasteiger partial charge in [-0.1, -0.05) is 48.5 Å². The van der Waals surface area contributed by atoms with Crippen molar-refractivity contribution in [3.8, 4) is 16.9 Å². The van der Waals surface area contributed by atoms with Crippen molar-refractivity contribution < 1.29 is 32.6 Å². The number of benzene rings is 3. The van der Waals surface area contributed by atoms with Gasteiger partial charge in [-0.15, -0.1) is 0 Å². The Morgan fingerprint density at radius 2 is 1.65 bits per heavy atom. The fourth-order valence-electron chi connectivity index (χ4n) is 6.68. The van der Waals surface area contributed by atoms with Crippen molar-refractivity contribution >= 4 is 28.0 Å². The highest BCUT2D eigenvalue weighted by atomic mass is 32.2. The monoisotopic (exact) mass is 676 g/mol. The minimum atomic E-state index is -4.02. The predicted octanol–water partition coefficient (Wildman–Crippen LogP) is 5.42. The van der Waals surface area contributed by atoms with E-state index in [1.54, 1.807) is 13.8 Å². The zero-order valence-corrected chi connectivity index (χ0v) is 29.1. The van der Waals surface area contributed by atoms with Crippen LogP contribution < -0.4 is 15.8 Å². The standard InChI is InChI=1S/C36H44N4O7S/c1-21-22(2)32(23(3)28-19-36(4,5)47-31(21)28)48(44,45)40(6)34(37)38-18-12-11-17-30(33(41)42)39-35(43)46-20-29-26-15-9-7-13-24(26)25-14-8-10-16-27(25)29/h7-10,13-16,29-30H,11-12,17-20H2,1-6H3,(H2,37,38)(H,39,43)(H,41,42). The molecule has 1 atom stereocenters. The first-order chi connectivity index (χ1) is 22.6. The minimum Gasteiger partial charge on any atom is -0.487 e. The third-order valence-electron chi connectivity index (χ3n) is 9.34. The maximum Gasteiger partial charge on any atom is 0.407 e. The summed E-state index contributed by atoms with van der Waals surface area (Å²) in [5.74, 6) is -0.750. The number of hydrogen-bond acceptors (Lipinski definition) is 7. The molecule has 0 aromatic heterocycles. The smallest absolute Gasteiger partial charge is 0.407 e. The number of aliphatic imine (C=N–C) groups is 1. The molecule has 256 valence electrons. The lowest BCUT2D eigenvalue weighted by Gasteiger charge is -2.23. The fourth-order valence-corrected chi connectivity index (χ4v) is 8.31. The first-order valence-corrected chi connectivity index (χ1v) is 17.5. The van der Waals surface area contributed by atoms with E-state index in [1.165, 1.54) is 7.05 Å². The number of unbranched alkanes of at least 4 members (excludes halogenated alkanes) is 1. The molecule has 4 N–H and O–H groups in total. The quantitative estimate of drug-likeness (QED) is 0.138. The Hall–Kier alpha value is -4.58. The number of carbonyl (C=O) groups excluding carboxylic acids is 1. The molecular weight excluding hydrogens is 632 g/mol. The molecule has 1 heterocycles. The number of nitrogens with two attached hydrogens (primary N) is 1. The normalized spacial score (nSPS) is 15.6. The SMILES string of the molecule is Cc1c(C)c(S(=O)(=O)N(C)C(N)=NCCCCC(NC(=O)OCC2c3ccccc3-c3ccccc32)C(=O)O)c(C)c2c1OC(C)(C)C2. The molecule has 0 saturated heterocycles. The number of alkyl carbamates (subject to hydrolysis) is 1. The average Bonchev–Trinajstić information content (AvgIpc) is 3.55. The molecule has 12 heteroatoms. The number of amides is 1. The molecule has 11 nitrogen and oxygen atoms in total. The highest BCUT2D eigenvalue weighted by Gasteiger charge is 2.38. The first-order valence-electron chi connectivity index (χ1n) is 16.1. The highest BCUT2D eigenvalue weighted by molar-refractivity contribution is 7.89. The van der Waals surface area contributed by atoms with Crippen molar-refractivity contribution in [2.24, 2.45) is 10.7 Å². The highest BCUT2D eigenvalue weighted by Crippen LogP contribution is 2.45. The van der Waals surface area contributed by atoms with E-state index in [9.17, 15) is 23.1 Å². The number of guanidine groups is 1. The molecule has 1 unspecified atom stereocenters. The first kappa shape index (κ1) is 34.7. The van der Waals surface area contributed by atoms with E-state index >= 15 is 0 Å². The molecule has 5 rings (SSSR count).